The molecule has 11 heteroatoms. The lowest BCUT2D eigenvalue weighted by molar-refractivity contribution is -0.140. The quantitative estimate of drug-likeness (QED) is 0.604. The van der Waals surface area contributed by atoms with E-state index in [2.05, 4.69) is 20.8 Å². The number of hydrogen-bond donors (Lipinski definition) is 3. The van der Waals surface area contributed by atoms with E-state index in [1.165, 1.54) is 11.0 Å². The van der Waals surface area contributed by atoms with Crippen molar-refractivity contribution in [2.75, 3.05) is 0 Å². The van der Waals surface area contributed by atoms with Crippen LogP contribution in [0.1, 0.15) is 16.1 Å². The van der Waals surface area contributed by atoms with Gasteiger partial charge in [-0.15, -0.1) is 16.4 Å². The molecule has 110 valence electrons. The van der Waals surface area contributed by atoms with Crippen molar-refractivity contribution in [3.05, 3.63) is 22.7 Å². The van der Waals surface area contributed by atoms with E-state index in [1.807, 2.05) is 0 Å². The molecule has 0 spiro atoms. The van der Waals surface area contributed by atoms with Gasteiger partial charge in [-0.1, -0.05) is 0 Å². The molecule has 1 atom stereocenters. The Morgan fingerprint density at radius 3 is 2.81 bits per heavy atom. The molecule has 0 radical (unpaired) electrons. The number of nitrogens with two attached hydrogens (primary N) is 1. The lowest BCUT2D eigenvalue weighted by Crippen LogP contribution is -2.43. The zero-order valence-electron chi connectivity index (χ0n) is 10.5. The van der Waals surface area contributed by atoms with Crippen LogP contribution < -0.4 is 11.1 Å². The van der Waals surface area contributed by atoms with Crippen molar-refractivity contribution in [3.63, 3.8) is 0 Å². The van der Waals surface area contributed by atoms with Crippen LogP contribution in [0.5, 0.6) is 0 Å². The molecule has 10 nitrogen and oxygen atoms in total. The van der Waals surface area contributed by atoms with Gasteiger partial charge in [-0.3, -0.25) is 9.59 Å². The summed E-state index contributed by atoms with van der Waals surface area (Å²) in [5.74, 6) is -2.82. The van der Waals surface area contributed by atoms with Crippen molar-refractivity contribution in [2.24, 2.45) is 5.73 Å². The number of carboxylic acid groups (broad SMARTS) is 1. The van der Waals surface area contributed by atoms with Crippen LogP contribution in [-0.2, 0) is 9.59 Å². The van der Waals surface area contributed by atoms with E-state index in [9.17, 15) is 14.4 Å². The van der Waals surface area contributed by atoms with Gasteiger partial charge in [0.25, 0.3) is 5.91 Å². The summed E-state index contributed by atoms with van der Waals surface area (Å²) in [6.07, 6.45) is 0.809. The minimum Gasteiger partial charge on any atom is -0.480 e. The lowest BCUT2D eigenvalue weighted by atomic mass is 10.2. The standard InChI is InChI=1S/C10H10N6O4S/c11-7(17)3-5(10(19)20)13-9(18)8-6(1-2-21-8)16-4-12-14-15-16/h1-2,4-5H,3H2,(H2,11,17)(H,13,18)(H,19,20)/t5-/m0/s1. The second-order valence-corrected chi connectivity index (χ2v) is 4.84. The molecule has 0 aliphatic rings. The number of amides is 2. The van der Waals surface area contributed by atoms with E-state index >= 15 is 0 Å². The third kappa shape index (κ3) is 3.39. The zero-order chi connectivity index (χ0) is 15.4. The van der Waals surface area contributed by atoms with Gasteiger partial charge in [0.05, 0.1) is 12.1 Å². The summed E-state index contributed by atoms with van der Waals surface area (Å²) in [6, 6.07) is 0.221. The molecule has 2 heterocycles. The summed E-state index contributed by atoms with van der Waals surface area (Å²) in [7, 11) is 0. The first-order valence-corrected chi connectivity index (χ1v) is 6.50. The van der Waals surface area contributed by atoms with Gasteiger partial charge in [-0.05, 0) is 21.9 Å². The predicted octanol–water partition coefficient (Wildman–Crippen LogP) is -1.22. The highest BCUT2D eigenvalue weighted by Gasteiger charge is 2.25. The maximum Gasteiger partial charge on any atom is 0.326 e. The van der Waals surface area contributed by atoms with Crippen molar-refractivity contribution >= 4 is 29.1 Å². The topological polar surface area (TPSA) is 153 Å². The van der Waals surface area contributed by atoms with Crippen molar-refractivity contribution in [3.8, 4) is 5.69 Å². The highest BCUT2D eigenvalue weighted by Crippen LogP contribution is 2.20. The Bertz CT molecular complexity index is 667. The number of carbonyl (C=O) groups excluding carboxylic acids is 2. The Morgan fingerprint density at radius 1 is 1.48 bits per heavy atom. The van der Waals surface area contributed by atoms with Gasteiger partial charge in [0, 0.05) is 0 Å². The normalized spacial score (nSPS) is 11.8. The first-order valence-electron chi connectivity index (χ1n) is 5.62. The fourth-order valence-corrected chi connectivity index (χ4v) is 2.33. The number of rotatable bonds is 6. The molecule has 2 rings (SSSR count). The van der Waals surface area contributed by atoms with Crippen molar-refractivity contribution < 1.29 is 19.5 Å². The van der Waals surface area contributed by atoms with E-state index in [1.54, 1.807) is 11.4 Å². The van der Waals surface area contributed by atoms with E-state index in [0.29, 0.717) is 5.69 Å². The van der Waals surface area contributed by atoms with Gasteiger partial charge >= 0.3 is 5.97 Å². The maximum atomic E-state index is 12.1. The summed E-state index contributed by atoms with van der Waals surface area (Å²) in [5.41, 5.74) is 5.36. The number of thiophene rings is 1. The average Bonchev–Trinajstić information content (AvgIpc) is 3.07. The first-order chi connectivity index (χ1) is 9.99. The van der Waals surface area contributed by atoms with Crippen LogP contribution in [0.3, 0.4) is 0 Å². The van der Waals surface area contributed by atoms with E-state index in [-0.39, 0.29) is 4.88 Å². The number of carbonyl (C=O) groups is 3. The molecule has 2 aromatic heterocycles. The number of carboxylic acids is 1. The van der Waals surface area contributed by atoms with Gasteiger partial charge < -0.3 is 16.2 Å². The molecule has 0 saturated carbocycles. The average molecular weight is 310 g/mol. The number of nitrogens with one attached hydrogen (secondary N) is 1. The second-order valence-electron chi connectivity index (χ2n) is 3.92. The zero-order valence-corrected chi connectivity index (χ0v) is 11.3. The number of hydrogen-bond acceptors (Lipinski definition) is 7. The van der Waals surface area contributed by atoms with Crippen LogP contribution in [-0.4, -0.2) is 49.1 Å². The predicted molar refractivity (Wildman–Crippen MR) is 69.7 cm³/mol. The summed E-state index contributed by atoms with van der Waals surface area (Å²) >= 11 is 1.09. The molecule has 0 aliphatic heterocycles. The van der Waals surface area contributed by atoms with E-state index in [4.69, 9.17) is 10.8 Å². The van der Waals surface area contributed by atoms with Gasteiger partial charge in [-0.2, -0.15) is 4.68 Å². The molecule has 0 saturated heterocycles. The summed E-state index contributed by atoms with van der Waals surface area (Å²) in [4.78, 5) is 34.2. The molecule has 4 N–H and O–H groups in total. The Morgan fingerprint density at radius 2 is 2.24 bits per heavy atom. The van der Waals surface area contributed by atoms with E-state index < -0.39 is 30.2 Å². The number of aromatic nitrogens is 4. The van der Waals surface area contributed by atoms with Gasteiger partial charge in [0.2, 0.25) is 5.91 Å². The molecule has 2 amide bonds. The molecule has 21 heavy (non-hydrogen) atoms. The van der Waals surface area contributed by atoms with Crippen LogP contribution in [0.15, 0.2) is 17.8 Å². The molecule has 0 unspecified atom stereocenters. The van der Waals surface area contributed by atoms with Crippen LogP contribution >= 0.6 is 11.3 Å². The largest absolute Gasteiger partial charge is 0.480 e. The minimum atomic E-state index is -1.39. The lowest BCUT2D eigenvalue weighted by Gasteiger charge is -2.12. The SMILES string of the molecule is NC(=O)C[C@H](NC(=O)c1sccc1-n1cnnn1)C(=O)O. The van der Waals surface area contributed by atoms with Gasteiger partial charge in [0.1, 0.15) is 17.2 Å². The summed E-state index contributed by atoms with van der Waals surface area (Å²) < 4.78 is 1.27. The van der Waals surface area contributed by atoms with Gasteiger partial charge in [-0.25, -0.2) is 4.79 Å². The molecule has 2 aromatic rings. The van der Waals surface area contributed by atoms with E-state index in [0.717, 1.165) is 11.3 Å². The summed E-state index contributed by atoms with van der Waals surface area (Å²) in [6.45, 7) is 0. The first kappa shape index (κ1) is 14.6. The fraction of sp³-hybridized carbons (Fsp3) is 0.200. The molecular formula is C10H10N6O4S. The van der Waals surface area contributed by atoms with Crippen molar-refractivity contribution in [2.45, 2.75) is 12.5 Å². The number of aliphatic carboxylic acids is 1. The molecule has 0 aromatic carbocycles. The van der Waals surface area contributed by atoms with Gasteiger partial charge in [0.15, 0.2) is 0 Å². The number of primary amides is 1. The molecule has 0 aliphatic carbocycles. The minimum absolute atomic E-state index is 0.220. The molecule has 0 bridgehead atoms. The molecule has 0 fully saturated rings. The van der Waals surface area contributed by atoms with Crippen molar-refractivity contribution in [1.82, 2.24) is 25.5 Å². The third-order valence-electron chi connectivity index (χ3n) is 2.46. The monoisotopic (exact) mass is 310 g/mol. The van der Waals surface area contributed by atoms with Crippen LogP contribution in [0, 0.1) is 0 Å². The van der Waals surface area contributed by atoms with Crippen LogP contribution in [0.25, 0.3) is 5.69 Å². The maximum absolute atomic E-state index is 12.1. The summed E-state index contributed by atoms with van der Waals surface area (Å²) in [5, 5.41) is 23.4. The third-order valence-corrected chi connectivity index (χ3v) is 3.36. The molecular weight excluding hydrogens is 300 g/mol. The number of nitrogens with zero attached hydrogens (tertiary/aromatic N) is 4. The van der Waals surface area contributed by atoms with Crippen LogP contribution in [0.4, 0.5) is 0 Å². The Balaban J connectivity index is 2.19. The highest BCUT2D eigenvalue weighted by atomic mass is 32.1. The Kier molecular flexibility index (Phi) is 4.23. The number of tetrazole rings is 1. The van der Waals surface area contributed by atoms with Crippen LogP contribution in [0.2, 0.25) is 0 Å². The highest BCUT2D eigenvalue weighted by molar-refractivity contribution is 7.12. The fourth-order valence-electron chi connectivity index (χ4n) is 1.55. The van der Waals surface area contributed by atoms with Crippen molar-refractivity contribution in [1.29, 1.82) is 0 Å². The Labute approximate surface area is 121 Å². The Hall–Kier alpha value is -2.82. The second kappa shape index (κ2) is 6.09. The smallest absolute Gasteiger partial charge is 0.326 e.